The molecular formula is C10H9F2IN2O4. The molecule has 0 spiro atoms. The Morgan fingerprint density at radius 3 is 2.74 bits per heavy atom. The molecule has 1 aromatic heterocycles. The molecule has 1 heterocycles. The molecule has 0 saturated heterocycles. The number of rotatable bonds is 5. The Kier molecular flexibility index (Phi) is 5.51. The van der Waals surface area contributed by atoms with Crippen molar-refractivity contribution < 1.29 is 23.2 Å². The highest BCUT2D eigenvalue weighted by atomic mass is 127. The van der Waals surface area contributed by atoms with Gasteiger partial charge in [-0.1, -0.05) is 0 Å². The van der Waals surface area contributed by atoms with Crippen LogP contribution in [0.5, 0.6) is 0 Å². The van der Waals surface area contributed by atoms with Crippen LogP contribution in [-0.4, -0.2) is 22.5 Å². The monoisotopic (exact) mass is 386 g/mol. The molecule has 9 heteroatoms. The fourth-order valence-electron chi connectivity index (χ4n) is 1.32. The zero-order chi connectivity index (χ0) is 14.6. The van der Waals surface area contributed by atoms with Gasteiger partial charge in [-0.15, -0.1) is 0 Å². The third-order valence-corrected chi connectivity index (χ3v) is 3.16. The number of hydrogen-bond donors (Lipinski definition) is 0. The minimum Gasteiger partial charge on any atom is -0.466 e. The number of pyridine rings is 1. The average molecular weight is 386 g/mol. The van der Waals surface area contributed by atoms with Gasteiger partial charge in [-0.25, -0.2) is 13.8 Å². The summed E-state index contributed by atoms with van der Waals surface area (Å²) in [7, 11) is 0. The van der Waals surface area contributed by atoms with Crippen LogP contribution in [0.25, 0.3) is 0 Å². The van der Waals surface area contributed by atoms with E-state index in [0.29, 0.717) is 0 Å². The van der Waals surface area contributed by atoms with Crippen LogP contribution < -0.4 is 0 Å². The number of hydrogen-bond acceptors (Lipinski definition) is 5. The lowest BCUT2D eigenvalue weighted by atomic mass is 10.2. The SMILES string of the molecule is CCOC(=O)Cc1cc([N+](=O)[O-])c(I)c(C(F)F)n1. The molecule has 0 aliphatic carbocycles. The number of carbonyl (C=O) groups excluding carboxylic acids is 1. The van der Waals surface area contributed by atoms with Crippen LogP contribution in [0.1, 0.15) is 24.7 Å². The Morgan fingerprint density at radius 1 is 1.63 bits per heavy atom. The molecule has 104 valence electrons. The third-order valence-electron chi connectivity index (χ3n) is 2.05. The quantitative estimate of drug-likeness (QED) is 0.336. The van der Waals surface area contributed by atoms with Gasteiger partial charge in [0, 0.05) is 6.07 Å². The molecule has 19 heavy (non-hydrogen) atoms. The molecular weight excluding hydrogens is 377 g/mol. The maximum atomic E-state index is 12.7. The van der Waals surface area contributed by atoms with E-state index in [4.69, 9.17) is 0 Å². The molecule has 1 rings (SSSR count). The number of esters is 1. The van der Waals surface area contributed by atoms with Gasteiger partial charge in [0.2, 0.25) is 0 Å². The topological polar surface area (TPSA) is 82.3 Å². The van der Waals surface area contributed by atoms with Crippen molar-refractivity contribution in [3.05, 3.63) is 31.1 Å². The lowest BCUT2D eigenvalue weighted by molar-refractivity contribution is -0.386. The predicted molar refractivity (Wildman–Crippen MR) is 68.9 cm³/mol. The van der Waals surface area contributed by atoms with E-state index in [1.807, 2.05) is 0 Å². The van der Waals surface area contributed by atoms with Crippen LogP contribution in [0.3, 0.4) is 0 Å². The lowest BCUT2D eigenvalue weighted by Gasteiger charge is -2.07. The van der Waals surface area contributed by atoms with Crippen LogP contribution in [0.2, 0.25) is 0 Å². The molecule has 0 aromatic carbocycles. The van der Waals surface area contributed by atoms with Crippen molar-refractivity contribution in [3.8, 4) is 0 Å². The van der Waals surface area contributed by atoms with Crippen LogP contribution in [0.15, 0.2) is 6.07 Å². The smallest absolute Gasteiger partial charge is 0.311 e. The summed E-state index contributed by atoms with van der Waals surface area (Å²) in [5.74, 6) is -0.675. The lowest BCUT2D eigenvalue weighted by Crippen LogP contribution is -2.11. The standard InChI is InChI=1S/C10H9F2IN2O4/c1-2-19-7(16)4-5-3-6(15(17)18)8(13)9(14-5)10(11)12/h3,10H,2,4H2,1H3. The average Bonchev–Trinajstić information content (AvgIpc) is 2.30. The molecule has 0 fully saturated rings. The van der Waals surface area contributed by atoms with E-state index in [1.54, 1.807) is 6.92 Å². The van der Waals surface area contributed by atoms with Gasteiger partial charge >= 0.3 is 5.97 Å². The van der Waals surface area contributed by atoms with Crippen molar-refractivity contribution in [2.75, 3.05) is 6.61 Å². The predicted octanol–water partition coefficient (Wildman–Crippen LogP) is 2.64. The Hall–Kier alpha value is -1.39. The Labute approximate surface area is 120 Å². The Bertz CT molecular complexity index is 511. The van der Waals surface area contributed by atoms with E-state index in [2.05, 4.69) is 9.72 Å². The second-order valence-electron chi connectivity index (χ2n) is 3.37. The Balaban J connectivity index is 3.19. The van der Waals surface area contributed by atoms with E-state index < -0.39 is 28.7 Å². The van der Waals surface area contributed by atoms with Crippen molar-refractivity contribution in [2.24, 2.45) is 0 Å². The van der Waals surface area contributed by atoms with Gasteiger partial charge in [-0.3, -0.25) is 14.9 Å². The number of aromatic nitrogens is 1. The van der Waals surface area contributed by atoms with Crippen molar-refractivity contribution in [1.29, 1.82) is 0 Å². The molecule has 0 amide bonds. The van der Waals surface area contributed by atoms with Gasteiger partial charge in [-0.2, -0.15) is 0 Å². The van der Waals surface area contributed by atoms with Gasteiger partial charge in [0.05, 0.1) is 23.6 Å². The first-order valence-corrected chi connectivity index (χ1v) is 6.22. The fourth-order valence-corrected chi connectivity index (χ4v) is 2.03. The van der Waals surface area contributed by atoms with Gasteiger partial charge in [-0.05, 0) is 29.5 Å². The number of alkyl halides is 2. The van der Waals surface area contributed by atoms with Gasteiger partial charge in [0.25, 0.3) is 12.1 Å². The molecule has 0 saturated carbocycles. The molecule has 0 radical (unpaired) electrons. The molecule has 0 unspecified atom stereocenters. The summed E-state index contributed by atoms with van der Waals surface area (Å²) in [6, 6.07) is 1.00. The third kappa shape index (κ3) is 4.04. The molecule has 1 aromatic rings. The fraction of sp³-hybridized carbons (Fsp3) is 0.400. The summed E-state index contributed by atoms with van der Waals surface area (Å²) < 4.78 is 29.9. The normalized spacial score (nSPS) is 10.6. The number of halogens is 3. The summed E-state index contributed by atoms with van der Waals surface area (Å²) in [5.41, 5.74) is -1.31. The van der Waals surface area contributed by atoms with Gasteiger partial charge in [0.1, 0.15) is 9.26 Å². The summed E-state index contributed by atoms with van der Waals surface area (Å²) in [5, 5.41) is 10.8. The second-order valence-corrected chi connectivity index (χ2v) is 4.45. The van der Waals surface area contributed by atoms with Crippen LogP contribution in [0.4, 0.5) is 14.5 Å². The highest BCUT2D eigenvalue weighted by Gasteiger charge is 2.25. The number of nitrogens with zero attached hydrogens (tertiary/aromatic N) is 2. The number of ether oxygens (including phenoxy) is 1. The minimum absolute atomic E-state index is 0.110. The van der Waals surface area contributed by atoms with Crippen molar-refractivity contribution in [3.63, 3.8) is 0 Å². The van der Waals surface area contributed by atoms with E-state index in [-0.39, 0.29) is 22.3 Å². The van der Waals surface area contributed by atoms with Gasteiger partial charge < -0.3 is 4.74 Å². The Morgan fingerprint density at radius 2 is 2.26 bits per heavy atom. The van der Waals surface area contributed by atoms with Crippen LogP contribution in [0, 0.1) is 13.7 Å². The maximum Gasteiger partial charge on any atom is 0.311 e. The molecule has 6 nitrogen and oxygen atoms in total. The van der Waals surface area contributed by atoms with Crippen molar-refractivity contribution in [1.82, 2.24) is 4.98 Å². The highest BCUT2D eigenvalue weighted by Crippen LogP contribution is 2.30. The van der Waals surface area contributed by atoms with Crippen LogP contribution in [-0.2, 0) is 16.0 Å². The first-order valence-electron chi connectivity index (χ1n) is 5.14. The molecule has 0 N–H and O–H groups in total. The maximum absolute atomic E-state index is 12.7. The van der Waals surface area contributed by atoms with Gasteiger partial charge in [0.15, 0.2) is 0 Å². The van der Waals surface area contributed by atoms with Crippen molar-refractivity contribution >= 4 is 34.2 Å². The van der Waals surface area contributed by atoms with Crippen molar-refractivity contribution in [2.45, 2.75) is 19.8 Å². The summed E-state index contributed by atoms with van der Waals surface area (Å²) in [6.45, 7) is 1.72. The minimum atomic E-state index is -2.95. The summed E-state index contributed by atoms with van der Waals surface area (Å²) >= 11 is 1.44. The molecule has 0 bridgehead atoms. The van der Waals surface area contributed by atoms with E-state index >= 15 is 0 Å². The zero-order valence-corrected chi connectivity index (χ0v) is 11.9. The zero-order valence-electron chi connectivity index (χ0n) is 9.73. The second kappa shape index (κ2) is 6.68. The van der Waals surface area contributed by atoms with E-state index in [0.717, 1.165) is 6.07 Å². The first kappa shape index (κ1) is 15.7. The van der Waals surface area contributed by atoms with E-state index in [9.17, 15) is 23.7 Å². The summed E-state index contributed by atoms with van der Waals surface area (Å²) in [6.07, 6.45) is -3.33. The highest BCUT2D eigenvalue weighted by molar-refractivity contribution is 14.1. The number of carbonyl (C=O) groups is 1. The van der Waals surface area contributed by atoms with Crippen LogP contribution >= 0.6 is 22.6 Å². The largest absolute Gasteiger partial charge is 0.466 e. The molecule has 0 atom stereocenters. The summed E-state index contributed by atoms with van der Waals surface area (Å²) in [4.78, 5) is 24.8. The first-order chi connectivity index (χ1) is 8.86. The number of nitro groups is 1. The molecule has 0 aliphatic rings. The van der Waals surface area contributed by atoms with E-state index in [1.165, 1.54) is 22.6 Å². The molecule has 0 aliphatic heterocycles.